The quantitative estimate of drug-likeness (QED) is 0.603. The minimum atomic E-state index is 0.295. The summed E-state index contributed by atoms with van der Waals surface area (Å²) < 4.78 is 5.24. The molecule has 0 saturated heterocycles. The van der Waals surface area contributed by atoms with Crippen molar-refractivity contribution in [2.75, 3.05) is 40.0 Å². The highest BCUT2D eigenvalue weighted by atomic mass is 16.5. The van der Waals surface area contributed by atoms with Crippen LogP contribution in [0.3, 0.4) is 0 Å². The van der Waals surface area contributed by atoms with Gasteiger partial charge in [0.1, 0.15) is 0 Å². The summed E-state index contributed by atoms with van der Waals surface area (Å²) >= 11 is 0. The highest BCUT2D eigenvalue weighted by molar-refractivity contribution is 4.51. The van der Waals surface area contributed by atoms with Crippen molar-refractivity contribution >= 4 is 0 Å². The van der Waals surface area contributed by atoms with Gasteiger partial charge in [-0.15, -0.1) is 0 Å². The van der Waals surface area contributed by atoms with E-state index in [4.69, 9.17) is 9.84 Å². The van der Waals surface area contributed by atoms with Crippen LogP contribution >= 0.6 is 0 Å². The Morgan fingerprint density at radius 3 is 2.20 bits per heavy atom. The van der Waals surface area contributed by atoms with E-state index in [-0.39, 0.29) is 0 Å². The third-order valence-corrected chi connectivity index (χ3v) is 1.98. The lowest BCUT2D eigenvalue weighted by molar-refractivity contribution is 0.140. The van der Waals surface area contributed by atoms with Gasteiger partial charge in [-0.2, -0.15) is 0 Å². The van der Waals surface area contributed by atoms with Crippen molar-refractivity contribution in [2.24, 2.45) is 0 Å². The van der Waals surface area contributed by atoms with Crippen LogP contribution in [0.1, 0.15) is 40.0 Å². The molecule has 0 saturated carbocycles. The van der Waals surface area contributed by atoms with E-state index in [9.17, 15) is 0 Å². The summed E-state index contributed by atoms with van der Waals surface area (Å²) in [5.74, 6) is 0. The molecule has 1 N–H and O–H groups in total. The zero-order chi connectivity index (χ0) is 11.9. The van der Waals surface area contributed by atoms with Gasteiger partial charge in [-0.1, -0.05) is 13.8 Å². The van der Waals surface area contributed by atoms with E-state index in [2.05, 4.69) is 11.9 Å². The maximum Gasteiger partial charge on any atom is 0.0466 e. The third-order valence-electron chi connectivity index (χ3n) is 1.98. The van der Waals surface area contributed by atoms with Crippen molar-refractivity contribution in [3.8, 4) is 0 Å². The average molecular weight is 219 g/mol. The Kier molecular flexibility index (Phi) is 18.8. The lowest BCUT2D eigenvalue weighted by Gasteiger charge is -2.15. The van der Waals surface area contributed by atoms with E-state index in [1.54, 1.807) is 0 Å². The van der Waals surface area contributed by atoms with Crippen molar-refractivity contribution < 1.29 is 9.84 Å². The van der Waals surface area contributed by atoms with Crippen LogP contribution in [0.5, 0.6) is 0 Å². The molecule has 0 heterocycles. The second-order valence-corrected chi connectivity index (χ2v) is 3.28. The Bertz CT molecular complexity index is 99.6. The number of unbranched alkanes of at least 4 members (excludes halogenated alkanes) is 1. The number of aliphatic hydroxyl groups is 1. The SMILES string of the molecule is CC.CCOCCCCN(C)CCCO. The fourth-order valence-corrected chi connectivity index (χ4v) is 1.18. The summed E-state index contributed by atoms with van der Waals surface area (Å²) in [4.78, 5) is 2.25. The molecule has 0 aromatic heterocycles. The van der Waals surface area contributed by atoms with Gasteiger partial charge in [-0.25, -0.2) is 0 Å². The van der Waals surface area contributed by atoms with E-state index in [0.29, 0.717) is 6.61 Å². The molecular weight excluding hydrogens is 190 g/mol. The lowest BCUT2D eigenvalue weighted by Crippen LogP contribution is -2.21. The molecule has 0 rings (SSSR count). The van der Waals surface area contributed by atoms with Crippen molar-refractivity contribution in [1.82, 2.24) is 4.90 Å². The minimum absolute atomic E-state index is 0.295. The number of nitrogens with zero attached hydrogens (tertiary/aromatic N) is 1. The first-order chi connectivity index (χ1) is 7.31. The lowest BCUT2D eigenvalue weighted by atomic mass is 10.3. The highest BCUT2D eigenvalue weighted by Gasteiger charge is 1.96. The van der Waals surface area contributed by atoms with Gasteiger partial charge in [0.2, 0.25) is 0 Å². The smallest absolute Gasteiger partial charge is 0.0466 e. The van der Waals surface area contributed by atoms with Crippen molar-refractivity contribution in [1.29, 1.82) is 0 Å². The Hall–Kier alpha value is -0.120. The number of hydrogen-bond donors (Lipinski definition) is 1. The minimum Gasteiger partial charge on any atom is -0.396 e. The molecule has 0 fully saturated rings. The standard InChI is InChI=1S/C10H23NO2.C2H6/c1-3-13-10-5-4-7-11(2)8-6-9-12;1-2/h12H,3-10H2,1-2H3;1-2H3. The molecule has 0 aromatic carbocycles. The molecule has 0 aliphatic heterocycles. The van der Waals surface area contributed by atoms with Gasteiger partial charge >= 0.3 is 0 Å². The molecule has 3 heteroatoms. The Morgan fingerprint density at radius 1 is 1.07 bits per heavy atom. The van der Waals surface area contributed by atoms with Gasteiger partial charge in [0.25, 0.3) is 0 Å². The van der Waals surface area contributed by atoms with Gasteiger partial charge in [-0.3, -0.25) is 0 Å². The Morgan fingerprint density at radius 2 is 1.67 bits per heavy atom. The fourth-order valence-electron chi connectivity index (χ4n) is 1.18. The van der Waals surface area contributed by atoms with Gasteiger partial charge in [0.15, 0.2) is 0 Å². The maximum atomic E-state index is 8.61. The third kappa shape index (κ3) is 16.5. The normalized spacial score (nSPS) is 10.0. The second kappa shape index (κ2) is 16.3. The molecule has 0 atom stereocenters. The Balaban J connectivity index is 0. The second-order valence-electron chi connectivity index (χ2n) is 3.28. The van der Waals surface area contributed by atoms with Crippen LogP contribution in [0.2, 0.25) is 0 Å². The molecule has 0 unspecified atom stereocenters. The topological polar surface area (TPSA) is 32.7 Å². The van der Waals surface area contributed by atoms with E-state index < -0.39 is 0 Å². The maximum absolute atomic E-state index is 8.61. The first-order valence-corrected chi connectivity index (χ1v) is 6.18. The zero-order valence-corrected chi connectivity index (χ0v) is 11.0. The fraction of sp³-hybridized carbons (Fsp3) is 1.00. The van der Waals surface area contributed by atoms with Gasteiger partial charge in [0, 0.05) is 26.4 Å². The summed E-state index contributed by atoms with van der Waals surface area (Å²) in [6.07, 6.45) is 3.20. The molecule has 3 nitrogen and oxygen atoms in total. The molecule has 0 amide bonds. The number of ether oxygens (including phenoxy) is 1. The largest absolute Gasteiger partial charge is 0.396 e. The van der Waals surface area contributed by atoms with Crippen LogP contribution in [0.25, 0.3) is 0 Å². The molecule has 0 aromatic rings. The van der Waals surface area contributed by atoms with Crippen LogP contribution in [0.4, 0.5) is 0 Å². The molecule has 0 aliphatic carbocycles. The van der Waals surface area contributed by atoms with Crippen LogP contribution in [0, 0.1) is 0 Å². The average Bonchev–Trinajstić information content (AvgIpc) is 2.29. The van der Waals surface area contributed by atoms with Gasteiger partial charge in [-0.05, 0) is 39.8 Å². The van der Waals surface area contributed by atoms with E-state index in [1.165, 1.54) is 6.42 Å². The molecule has 0 spiro atoms. The Labute approximate surface area is 95.4 Å². The summed E-state index contributed by atoms with van der Waals surface area (Å²) in [5.41, 5.74) is 0. The van der Waals surface area contributed by atoms with E-state index in [1.807, 2.05) is 20.8 Å². The number of aliphatic hydroxyl groups excluding tert-OH is 1. The van der Waals surface area contributed by atoms with Crippen molar-refractivity contribution in [3.63, 3.8) is 0 Å². The van der Waals surface area contributed by atoms with Gasteiger partial charge < -0.3 is 14.7 Å². The molecule has 0 bridgehead atoms. The molecular formula is C12H29NO2. The summed E-state index contributed by atoms with van der Waals surface area (Å²) in [6.45, 7) is 10.1. The monoisotopic (exact) mass is 219 g/mol. The van der Waals surface area contributed by atoms with Crippen LogP contribution in [-0.2, 0) is 4.74 Å². The molecule has 15 heavy (non-hydrogen) atoms. The van der Waals surface area contributed by atoms with Crippen LogP contribution in [0.15, 0.2) is 0 Å². The van der Waals surface area contributed by atoms with Crippen LogP contribution < -0.4 is 0 Å². The zero-order valence-electron chi connectivity index (χ0n) is 11.0. The van der Waals surface area contributed by atoms with E-state index in [0.717, 1.165) is 39.1 Å². The predicted molar refractivity (Wildman–Crippen MR) is 66.3 cm³/mol. The molecule has 94 valence electrons. The first-order valence-electron chi connectivity index (χ1n) is 6.18. The summed E-state index contributed by atoms with van der Waals surface area (Å²) in [5, 5.41) is 8.61. The highest BCUT2D eigenvalue weighted by Crippen LogP contribution is 1.94. The molecule has 0 aliphatic rings. The first kappa shape index (κ1) is 17.3. The van der Waals surface area contributed by atoms with Crippen LogP contribution in [-0.4, -0.2) is 50.0 Å². The molecule has 0 radical (unpaired) electrons. The van der Waals surface area contributed by atoms with E-state index >= 15 is 0 Å². The summed E-state index contributed by atoms with van der Waals surface area (Å²) in [6, 6.07) is 0. The number of rotatable bonds is 9. The van der Waals surface area contributed by atoms with Crippen molar-refractivity contribution in [3.05, 3.63) is 0 Å². The summed E-state index contributed by atoms with van der Waals surface area (Å²) in [7, 11) is 2.09. The number of hydrogen-bond acceptors (Lipinski definition) is 3. The predicted octanol–water partition coefficient (Wildman–Crippen LogP) is 2.14. The van der Waals surface area contributed by atoms with Gasteiger partial charge in [0.05, 0.1) is 0 Å². The van der Waals surface area contributed by atoms with Crippen molar-refractivity contribution in [2.45, 2.75) is 40.0 Å².